The summed E-state index contributed by atoms with van der Waals surface area (Å²) in [5.41, 5.74) is 11.9. The number of hydrogen-bond donors (Lipinski definition) is 1. The second kappa shape index (κ2) is 5.45. The lowest BCUT2D eigenvalue weighted by molar-refractivity contribution is 0.192. The molecule has 1 fully saturated rings. The summed E-state index contributed by atoms with van der Waals surface area (Å²) in [6.45, 7) is 6.36. The summed E-state index contributed by atoms with van der Waals surface area (Å²) in [5.74, 6) is 0.821. The van der Waals surface area contributed by atoms with Gasteiger partial charge < -0.3 is 15.4 Å². The fourth-order valence-corrected chi connectivity index (χ4v) is 3.32. The second-order valence-corrected chi connectivity index (χ2v) is 7.42. The minimum absolute atomic E-state index is 0.115. The van der Waals surface area contributed by atoms with Crippen molar-refractivity contribution in [3.05, 3.63) is 35.0 Å². The number of anilines is 1. The molecule has 0 saturated heterocycles. The molecule has 0 unspecified atom stereocenters. The number of likely N-dealkylation sites (N-methyl/N-ethyl adjacent to an activating group) is 1. The molecule has 2 aliphatic rings. The highest BCUT2D eigenvalue weighted by Crippen LogP contribution is 2.40. The molecular weight excluding hydrogens is 300 g/mol. The number of nitrogen functional groups attached to an aromatic ring is 1. The third-order valence-corrected chi connectivity index (χ3v) is 5.11. The van der Waals surface area contributed by atoms with E-state index in [1.165, 1.54) is 16.7 Å². The third kappa shape index (κ3) is 2.84. The zero-order chi connectivity index (χ0) is 16.9. The van der Waals surface area contributed by atoms with Gasteiger partial charge in [0.1, 0.15) is 5.60 Å². The van der Waals surface area contributed by atoms with Crippen LogP contribution in [0.25, 0.3) is 11.3 Å². The lowest BCUT2D eigenvalue weighted by Crippen LogP contribution is -2.27. The Morgan fingerprint density at radius 3 is 2.83 bits per heavy atom. The highest BCUT2D eigenvalue weighted by Gasteiger charge is 2.41. The van der Waals surface area contributed by atoms with Gasteiger partial charge in [0.15, 0.2) is 5.82 Å². The monoisotopic (exact) mass is 324 g/mol. The van der Waals surface area contributed by atoms with Gasteiger partial charge in [-0.2, -0.15) is 0 Å². The van der Waals surface area contributed by atoms with Crippen molar-refractivity contribution >= 4 is 5.82 Å². The van der Waals surface area contributed by atoms with Crippen molar-refractivity contribution in [1.29, 1.82) is 0 Å². The molecule has 126 valence electrons. The molecule has 0 spiro atoms. The normalized spacial score (nSPS) is 19.0. The van der Waals surface area contributed by atoms with Gasteiger partial charge >= 0.3 is 0 Å². The number of hydrogen-bond acceptors (Lipinski definition) is 5. The fourth-order valence-electron chi connectivity index (χ4n) is 3.32. The maximum Gasteiger partial charge on any atom is 0.258 e. The van der Waals surface area contributed by atoms with E-state index in [-0.39, 0.29) is 5.60 Å². The highest BCUT2D eigenvalue weighted by molar-refractivity contribution is 5.64. The van der Waals surface area contributed by atoms with E-state index in [0.29, 0.717) is 11.7 Å². The van der Waals surface area contributed by atoms with Crippen molar-refractivity contribution in [1.82, 2.24) is 14.9 Å². The van der Waals surface area contributed by atoms with Gasteiger partial charge in [-0.3, -0.25) is 0 Å². The van der Waals surface area contributed by atoms with Crippen LogP contribution in [0.5, 0.6) is 5.88 Å². The third-order valence-electron chi connectivity index (χ3n) is 5.11. The molecule has 4 rings (SSSR count). The van der Waals surface area contributed by atoms with Gasteiger partial charge in [0, 0.05) is 18.7 Å². The Labute approximate surface area is 142 Å². The number of nitrogens with zero attached hydrogens (tertiary/aromatic N) is 3. The van der Waals surface area contributed by atoms with Crippen LogP contribution in [0.1, 0.15) is 36.5 Å². The predicted octanol–water partition coefficient (Wildman–Crippen LogP) is 2.95. The maximum absolute atomic E-state index is 5.96. The Morgan fingerprint density at radius 2 is 2.08 bits per heavy atom. The number of ether oxygens (including phenoxy) is 1. The Balaban J connectivity index is 1.72. The molecular formula is C19H24N4O. The van der Waals surface area contributed by atoms with E-state index < -0.39 is 0 Å². The highest BCUT2D eigenvalue weighted by atomic mass is 16.5. The zero-order valence-electron chi connectivity index (χ0n) is 14.6. The van der Waals surface area contributed by atoms with Gasteiger partial charge in [0.05, 0.1) is 11.9 Å². The molecule has 0 radical (unpaired) electrons. The van der Waals surface area contributed by atoms with Crippen LogP contribution in [0.2, 0.25) is 0 Å². The molecule has 1 aromatic carbocycles. The summed E-state index contributed by atoms with van der Waals surface area (Å²) in [5, 5.41) is 0. The molecule has 24 heavy (non-hydrogen) atoms. The number of rotatable bonds is 3. The van der Waals surface area contributed by atoms with Crippen LogP contribution in [0.15, 0.2) is 18.3 Å². The molecule has 2 aromatic rings. The van der Waals surface area contributed by atoms with E-state index in [9.17, 15) is 0 Å². The van der Waals surface area contributed by atoms with Crippen molar-refractivity contribution in [2.75, 3.05) is 19.3 Å². The van der Waals surface area contributed by atoms with Crippen LogP contribution >= 0.6 is 0 Å². The number of benzene rings is 1. The molecule has 5 nitrogen and oxygen atoms in total. The van der Waals surface area contributed by atoms with Crippen LogP contribution < -0.4 is 10.5 Å². The van der Waals surface area contributed by atoms with Crippen LogP contribution in [0, 0.1) is 6.92 Å². The van der Waals surface area contributed by atoms with E-state index >= 15 is 0 Å². The summed E-state index contributed by atoms with van der Waals surface area (Å²) in [6.07, 6.45) is 4.94. The van der Waals surface area contributed by atoms with Crippen LogP contribution in [-0.2, 0) is 13.0 Å². The molecule has 2 N–H and O–H groups in total. The summed E-state index contributed by atoms with van der Waals surface area (Å²) in [4.78, 5) is 11.3. The number of nitrogens with two attached hydrogens (primary N) is 1. The predicted molar refractivity (Wildman–Crippen MR) is 94.9 cm³/mol. The van der Waals surface area contributed by atoms with Crippen molar-refractivity contribution in [2.24, 2.45) is 0 Å². The minimum atomic E-state index is -0.115. The number of fused-ring (bicyclic) bond motifs is 1. The van der Waals surface area contributed by atoms with E-state index in [0.717, 1.165) is 43.6 Å². The minimum Gasteiger partial charge on any atom is -0.469 e. The Hall–Kier alpha value is -2.14. The lowest BCUT2D eigenvalue weighted by Gasteiger charge is -2.27. The molecule has 0 atom stereocenters. The molecule has 1 aliphatic heterocycles. The van der Waals surface area contributed by atoms with Crippen LogP contribution in [-0.4, -0.2) is 34.1 Å². The van der Waals surface area contributed by atoms with Crippen molar-refractivity contribution in [2.45, 2.75) is 45.3 Å². The van der Waals surface area contributed by atoms with E-state index in [4.69, 9.17) is 10.5 Å². The first-order chi connectivity index (χ1) is 11.4. The molecule has 5 heteroatoms. The van der Waals surface area contributed by atoms with Gasteiger partial charge in [0.2, 0.25) is 0 Å². The summed E-state index contributed by atoms with van der Waals surface area (Å²) in [7, 11) is 2.16. The smallest absolute Gasteiger partial charge is 0.258 e. The quantitative estimate of drug-likeness (QED) is 0.940. The SMILES string of the molecule is Cc1cc(-c2cnc(N)c(OC3(C)CC3)n2)cc2c1CCN(C)C2. The topological polar surface area (TPSA) is 64.3 Å². The summed E-state index contributed by atoms with van der Waals surface area (Å²) in [6, 6.07) is 4.44. The fraction of sp³-hybridized carbons (Fsp3) is 0.474. The Morgan fingerprint density at radius 1 is 1.29 bits per heavy atom. The van der Waals surface area contributed by atoms with Gasteiger partial charge in [0.25, 0.3) is 5.88 Å². The van der Waals surface area contributed by atoms with Crippen LogP contribution in [0.4, 0.5) is 5.82 Å². The molecule has 2 heterocycles. The van der Waals surface area contributed by atoms with E-state index in [1.807, 2.05) is 0 Å². The first-order valence-corrected chi connectivity index (χ1v) is 8.56. The average molecular weight is 324 g/mol. The van der Waals surface area contributed by atoms with Crippen molar-refractivity contribution in [3.63, 3.8) is 0 Å². The molecule has 0 bridgehead atoms. The largest absolute Gasteiger partial charge is 0.469 e. The standard InChI is InChI=1S/C19H24N4O/c1-12-8-13(9-14-11-23(3)7-4-15(12)14)16-10-21-17(20)18(22-16)24-19(2)5-6-19/h8-10H,4-7,11H2,1-3H3,(H2,20,21). The number of aryl methyl sites for hydroxylation is 1. The van der Waals surface area contributed by atoms with Gasteiger partial charge in [-0.1, -0.05) is 0 Å². The Bertz CT molecular complexity index is 798. The molecule has 1 saturated carbocycles. The van der Waals surface area contributed by atoms with Gasteiger partial charge in [-0.15, -0.1) is 0 Å². The zero-order valence-corrected chi connectivity index (χ0v) is 14.6. The molecule has 0 amide bonds. The second-order valence-electron chi connectivity index (χ2n) is 7.42. The average Bonchev–Trinajstić information content (AvgIpc) is 3.26. The van der Waals surface area contributed by atoms with Gasteiger partial charge in [-0.25, -0.2) is 9.97 Å². The van der Waals surface area contributed by atoms with E-state index in [2.05, 4.69) is 47.9 Å². The molecule has 1 aromatic heterocycles. The molecule has 1 aliphatic carbocycles. The maximum atomic E-state index is 5.96. The first-order valence-electron chi connectivity index (χ1n) is 8.56. The van der Waals surface area contributed by atoms with Crippen molar-refractivity contribution < 1.29 is 4.74 Å². The summed E-state index contributed by atoms with van der Waals surface area (Å²) < 4.78 is 5.96. The van der Waals surface area contributed by atoms with E-state index in [1.54, 1.807) is 6.20 Å². The first kappa shape index (κ1) is 15.4. The lowest BCUT2D eigenvalue weighted by atomic mass is 9.92. The van der Waals surface area contributed by atoms with Crippen LogP contribution in [0.3, 0.4) is 0 Å². The number of aromatic nitrogens is 2. The van der Waals surface area contributed by atoms with Gasteiger partial charge in [-0.05, 0) is 69.0 Å². The summed E-state index contributed by atoms with van der Waals surface area (Å²) >= 11 is 0. The van der Waals surface area contributed by atoms with Crippen molar-refractivity contribution in [3.8, 4) is 17.1 Å². The Kier molecular flexibility index (Phi) is 3.49.